The zero-order valence-corrected chi connectivity index (χ0v) is 18.4. The van der Waals surface area contributed by atoms with Crippen LogP contribution in [0.25, 0.3) is 0 Å². The third-order valence-corrected chi connectivity index (χ3v) is 5.81. The van der Waals surface area contributed by atoms with Crippen molar-refractivity contribution in [3.63, 3.8) is 0 Å². The van der Waals surface area contributed by atoms with Crippen molar-refractivity contribution in [1.82, 2.24) is 10.0 Å². The molecule has 0 aliphatic rings. The Balaban J connectivity index is 1.97. The van der Waals surface area contributed by atoms with Crippen molar-refractivity contribution in [3.05, 3.63) is 64.1 Å². The van der Waals surface area contributed by atoms with Crippen molar-refractivity contribution in [3.8, 4) is 0 Å². The standard InChI is InChI=1S/C19H18Cl2N2O7S/c1-11(24)17(23-31(28,29)15-8-6-14(21)7-9-15)19(27)30-10-16(25)22-18(26)12-2-4-13(20)5-3-12/h2-9,11,17,23-24H,10H2,1H3,(H,22,25,26)/t11-,17-/m0/s1. The SMILES string of the molecule is C[C@H](O)[C@H](NS(=O)(=O)c1ccc(Cl)cc1)C(=O)OCC(=O)NC(=O)c1ccc(Cl)cc1. The number of hydrogen-bond donors (Lipinski definition) is 3. The molecule has 9 nitrogen and oxygen atoms in total. The number of carbonyl (C=O) groups is 3. The van der Waals surface area contributed by atoms with Crippen molar-refractivity contribution in [2.24, 2.45) is 0 Å². The average molecular weight is 489 g/mol. The molecule has 0 aliphatic heterocycles. The molecule has 0 bridgehead atoms. The zero-order chi connectivity index (χ0) is 23.2. The van der Waals surface area contributed by atoms with Gasteiger partial charge in [-0.2, -0.15) is 4.72 Å². The van der Waals surface area contributed by atoms with Crippen LogP contribution >= 0.6 is 23.2 Å². The van der Waals surface area contributed by atoms with Gasteiger partial charge in [0.05, 0.1) is 11.0 Å². The first kappa shape index (κ1) is 24.8. The van der Waals surface area contributed by atoms with Crippen LogP contribution in [0.1, 0.15) is 17.3 Å². The molecule has 3 N–H and O–H groups in total. The Morgan fingerprint density at radius 1 is 1.00 bits per heavy atom. The summed E-state index contributed by atoms with van der Waals surface area (Å²) in [6.07, 6.45) is -1.48. The van der Waals surface area contributed by atoms with E-state index in [-0.39, 0.29) is 10.5 Å². The maximum Gasteiger partial charge on any atom is 0.327 e. The molecule has 31 heavy (non-hydrogen) atoms. The number of esters is 1. The van der Waals surface area contributed by atoms with Crippen LogP contribution in [0, 0.1) is 0 Å². The highest BCUT2D eigenvalue weighted by atomic mass is 35.5. The van der Waals surface area contributed by atoms with E-state index in [1.54, 1.807) is 0 Å². The molecule has 12 heteroatoms. The predicted octanol–water partition coefficient (Wildman–Crippen LogP) is 1.52. The second-order valence-corrected chi connectivity index (χ2v) is 8.87. The quantitative estimate of drug-likeness (QED) is 0.478. The van der Waals surface area contributed by atoms with E-state index in [0.29, 0.717) is 10.0 Å². The van der Waals surface area contributed by atoms with E-state index in [9.17, 15) is 27.9 Å². The summed E-state index contributed by atoms with van der Waals surface area (Å²) in [7, 11) is -4.20. The Morgan fingerprint density at radius 3 is 2.03 bits per heavy atom. The van der Waals surface area contributed by atoms with Gasteiger partial charge in [0.1, 0.15) is 6.04 Å². The number of benzene rings is 2. The second-order valence-electron chi connectivity index (χ2n) is 6.29. The molecule has 0 spiro atoms. The molecule has 0 radical (unpaired) electrons. The molecule has 0 heterocycles. The number of nitrogens with one attached hydrogen (secondary N) is 2. The minimum Gasteiger partial charge on any atom is -0.454 e. The molecule has 2 aromatic rings. The zero-order valence-electron chi connectivity index (χ0n) is 16.0. The van der Waals surface area contributed by atoms with Gasteiger partial charge in [0, 0.05) is 15.6 Å². The van der Waals surface area contributed by atoms with E-state index in [0.717, 1.165) is 0 Å². The van der Waals surface area contributed by atoms with Gasteiger partial charge in [-0.3, -0.25) is 19.7 Å². The molecule has 0 saturated heterocycles. The first-order valence-electron chi connectivity index (χ1n) is 8.72. The fraction of sp³-hybridized carbons (Fsp3) is 0.211. The second kappa shape index (κ2) is 10.7. The van der Waals surface area contributed by atoms with Gasteiger partial charge in [-0.1, -0.05) is 23.2 Å². The molecule has 2 aromatic carbocycles. The Kier molecular flexibility index (Phi) is 8.54. The molecular formula is C19H18Cl2N2O7S. The normalized spacial score (nSPS) is 13.2. The van der Waals surface area contributed by atoms with Gasteiger partial charge < -0.3 is 9.84 Å². The molecule has 2 rings (SSSR count). The summed E-state index contributed by atoms with van der Waals surface area (Å²) in [5.41, 5.74) is 0.154. The van der Waals surface area contributed by atoms with E-state index >= 15 is 0 Å². The summed E-state index contributed by atoms with van der Waals surface area (Å²) in [5, 5.41) is 12.5. The maximum absolute atomic E-state index is 12.4. The van der Waals surface area contributed by atoms with Crippen LogP contribution in [0.2, 0.25) is 10.0 Å². The van der Waals surface area contributed by atoms with Gasteiger partial charge in [-0.05, 0) is 55.5 Å². The number of halogens is 2. The summed E-state index contributed by atoms with van der Waals surface area (Å²) < 4.78 is 31.6. The number of sulfonamides is 1. The van der Waals surface area contributed by atoms with Crippen molar-refractivity contribution in [2.45, 2.75) is 24.0 Å². The summed E-state index contributed by atoms with van der Waals surface area (Å²) in [6, 6.07) is 9.12. The van der Waals surface area contributed by atoms with Crippen LogP contribution in [0.4, 0.5) is 0 Å². The number of aliphatic hydroxyl groups excluding tert-OH is 1. The lowest BCUT2D eigenvalue weighted by molar-refractivity contribution is -0.152. The minimum atomic E-state index is -4.20. The third-order valence-electron chi connectivity index (χ3n) is 3.85. The van der Waals surface area contributed by atoms with Crippen LogP contribution in [-0.2, 0) is 24.3 Å². The predicted molar refractivity (Wildman–Crippen MR) is 112 cm³/mol. The number of ether oxygens (including phenoxy) is 1. The summed E-state index contributed by atoms with van der Waals surface area (Å²) in [5.74, 6) is -2.90. The summed E-state index contributed by atoms with van der Waals surface area (Å²) in [4.78, 5) is 35.9. The number of carbonyl (C=O) groups excluding carboxylic acids is 3. The van der Waals surface area contributed by atoms with Crippen molar-refractivity contribution in [2.75, 3.05) is 6.61 Å². The Labute approximate surface area is 188 Å². The minimum absolute atomic E-state index is 0.154. The topological polar surface area (TPSA) is 139 Å². The number of amides is 2. The van der Waals surface area contributed by atoms with Crippen molar-refractivity contribution in [1.29, 1.82) is 0 Å². The van der Waals surface area contributed by atoms with Gasteiger partial charge in [-0.25, -0.2) is 8.42 Å². The fourth-order valence-corrected chi connectivity index (χ4v) is 3.76. The highest BCUT2D eigenvalue weighted by Gasteiger charge is 2.31. The highest BCUT2D eigenvalue weighted by molar-refractivity contribution is 7.89. The van der Waals surface area contributed by atoms with Crippen LogP contribution in [-0.4, -0.2) is 50.1 Å². The van der Waals surface area contributed by atoms with E-state index < -0.39 is 46.6 Å². The van der Waals surface area contributed by atoms with Crippen LogP contribution in [0.15, 0.2) is 53.4 Å². The van der Waals surface area contributed by atoms with E-state index in [2.05, 4.69) is 0 Å². The summed E-state index contributed by atoms with van der Waals surface area (Å²) in [6.45, 7) is 0.296. The number of imide groups is 1. The van der Waals surface area contributed by atoms with E-state index in [4.69, 9.17) is 27.9 Å². The van der Waals surface area contributed by atoms with Gasteiger partial charge in [0.2, 0.25) is 10.0 Å². The Morgan fingerprint density at radius 2 is 1.52 bits per heavy atom. The number of aliphatic hydroxyl groups is 1. The third kappa shape index (κ3) is 7.30. The largest absolute Gasteiger partial charge is 0.454 e. The van der Waals surface area contributed by atoms with Gasteiger partial charge in [0.25, 0.3) is 11.8 Å². The summed E-state index contributed by atoms with van der Waals surface area (Å²) >= 11 is 11.4. The molecule has 0 unspecified atom stereocenters. The lowest BCUT2D eigenvalue weighted by atomic mass is 10.2. The average Bonchev–Trinajstić information content (AvgIpc) is 2.71. The highest BCUT2D eigenvalue weighted by Crippen LogP contribution is 2.15. The molecule has 166 valence electrons. The van der Waals surface area contributed by atoms with E-state index in [1.807, 2.05) is 10.0 Å². The number of hydrogen-bond acceptors (Lipinski definition) is 7. The van der Waals surface area contributed by atoms with Gasteiger partial charge in [-0.15, -0.1) is 0 Å². The molecule has 2 atom stereocenters. The van der Waals surface area contributed by atoms with Crippen LogP contribution < -0.4 is 10.0 Å². The van der Waals surface area contributed by atoms with Crippen molar-refractivity contribution >= 4 is 51.0 Å². The first-order chi connectivity index (χ1) is 14.5. The lowest BCUT2D eigenvalue weighted by Gasteiger charge is -2.20. The van der Waals surface area contributed by atoms with Crippen LogP contribution in [0.3, 0.4) is 0 Å². The molecule has 0 saturated carbocycles. The molecular weight excluding hydrogens is 471 g/mol. The monoisotopic (exact) mass is 488 g/mol. The molecule has 2 amide bonds. The van der Waals surface area contributed by atoms with E-state index in [1.165, 1.54) is 55.5 Å². The lowest BCUT2D eigenvalue weighted by Crippen LogP contribution is -2.49. The van der Waals surface area contributed by atoms with Gasteiger partial charge in [0.15, 0.2) is 6.61 Å². The molecule has 0 aromatic heterocycles. The maximum atomic E-state index is 12.4. The van der Waals surface area contributed by atoms with Gasteiger partial charge >= 0.3 is 5.97 Å². The molecule has 0 aliphatic carbocycles. The van der Waals surface area contributed by atoms with Crippen molar-refractivity contribution < 1.29 is 32.6 Å². The fourth-order valence-electron chi connectivity index (χ4n) is 2.26. The smallest absolute Gasteiger partial charge is 0.327 e. The number of rotatable bonds is 8. The Hall–Kier alpha value is -2.50. The first-order valence-corrected chi connectivity index (χ1v) is 11.0. The molecule has 0 fully saturated rings. The Bertz CT molecular complexity index is 1060. The van der Waals surface area contributed by atoms with Crippen LogP contribution in [0.5, 0.6) is 0 Å².